The first kappa shape index (κ1) is 19.0. The fourth-order valence-electron chi connectivity index (χ4n) is 2.93. The Morgan fingerprint density at radius 3 is 2.86 bits per heavy atom. The Morgan fingerprint density at radius 2 is 2.10 bits per heavy atom. The van der Waals surface area contributed by atoms with Gasteiger partial charge in [0.05, 0.1) is 35.6 Å². The number of hydrogen-bond acceptors (Lipinski definition) is 6. The van der Waals surface area contributed by atoms with Gasteiger partial charge in [0.25, 0.3) is 0 Å². The first-order chi connectivity index (χ1) is 13.9. The van der Waals surface area contributed by atoms with Crippen LogP contribution < -0.4 is 10.6 Å². The quantitative estimate of drug-likeness (QED) is 0.526. The zero-order valence-electron chi connectivity index (χ0n) is 15.6. The molecule has 0 radical (unpaired) electrons. The minimum Gasteiger partial charge on any atom is -0.375 e. The van der Waals surface area contributed by atoms with Gasteiger partial charge < -0.3 is 15.4 Å². The van der Waals surface area contributed by atoms with Gasteiger partial charge in [0.15, 0.2) is 22.3 Å². The molecule has 0 aliphatic heterocycles. The van der Waals surface area contributed by atoms with E-state index in [9.17, 15) is 9.18 Å². The summed E-state index contributed by atoms with van der Waals surface area (Å²) < 4.78 is 22.3. The van der Waals surface area contributed by atoms with E-state index in [1.165, 1.54) is 28.5 Å². The number of ether oxygens (including phenoxy) is 1. The van der Waals surface area contributed by atoms with Crippen LogP contribution in [-0.2, 0) is 4.74 Å². The third kappa shape index (κ3) is 3.57. The number of carbonyl (C=O) groups is 1. The highest BCUT2D eigenvalue weighted by Crippen LogP contribution is 2.26. The maximum absolute atomic E-state index is 14.2. The topological polar surface area (TPSA) is 111 Å². The van der Waals surface area contributed by atoms with Crippen molar-refractivity contribution in [2.45, 2.75) is 20.0 Å². The van der Waals surface area contributed by atoms with E-state index >= 15 is 0 Å². The highest BCUT2D eigenvalue weighted by Gasteiger charge is 2.19. The van der Waals surface area contributed by atoms with E-state index in [0.717, 1.165) is 6.07 Å². The molecule has 0 aromatic carbocycles. The molecule has 10 nitrogen and oxygen atoms in total. The second kappa shape index (κ2) is 7.26. The lowest BCUT2D eigenvalue weighted by molar-refractivity contribution is 0.114. The number of urea groups is 1. The molecule has 0 spiro atoms. The average Bonchev–Trinajstić information content (AvgIpc) is 3.22. The molecule has 0 aliphatic rings. The van der Waals surface area contributed by atoms with Crippen molar-refractivity contribution in [3.63, 3.8) is 0 Å². The standard InChI is InChI=1S/C17H16ClFN8O2/c1-8(29-3)15-12(6-20-14-5-13(18)25-27(14)15)23-17(28)22-10-4-11(19)16-21-9(2)24-26(16)7-10/h4-8H,1-3H3,(H2,22,23,28)/t8-/m0/s1. The minimum absolute atomic E-state index is 0.0786. The Balaban J connectivity index is 1.64. The van der Waals surface area contributed by atoms with Crippen molar-refractivity contribution in [1.82, 2.24) is 29.2 Å². The highest BCUT2D eigenvalue weighted by molar-refractivity contribution is 6.29. The number of amides is 2. The van der Waals surface area contributed by atoms with Gasteiger partial charge in [0.1, 0.15) is 5.82 Å². The van der Waals surface area contributed by atoms with Gasteiger partial charge in [0.2, 0.25) is 0 Å². The number of halogens is 2. The van der Waals surface area contributed by atoms with Crippen LogP contribution in [0.1, 0.15) is 24.5 Å². The van der Waals surface area contributed by atoms with Gasteiger partial charge in [-0.05, 0) is 13.8 Å². The second-order valence-electron chi connectivity index (χ2n) is 6.26. The van der Waals surface area contributed by atoms with E-state index in [1.807, 2.05) is 0 Å². The largest absolute Gasteiger partial charge is 0.375 e. The fourth-order valence-corrected chi connectivity index (χ4v) is 3.10. The Morgan fingerprint density at radius 1 is 1.31 bits per heavy atom. The third-order valence-corrected chi connectivity index (χ3v) is 4.41. The number of aromatic nitrogens is 6. The number of hydrogen-bond donors (Lipinski definition) is 2. The lowest BCUT2D eigenvalue weighted by Crippen LogP contribution is -2.22. The Hall–Kier alpha value is -3.31. The normalized spacial score (nSPS) is 12.4. The van der Waals surface area contributed by atoms with Crippen LogP contribution in [0, 0.1) is 12.7 Å². The molecular formula is C17H16ClFN8O2. The number of rotatable bonds is 4. The first-order valence-electron chi connectivity index (χ1n) is 8.53. The van der Waals surface area contributed by atoms with Crippen molar-refractivity contribution in [2.75, 3.05) is 17.7 Å². The van der Waals surface area contributed by atoms with Crippen molar-refractivity contribution in [1.29, 1.82) is 0 Å². The molecule has 0 aliphatic carbocycles. The van der Waals surface area contributed by atoms with Crippen LogP contribution in [0.2, 0.25) is 5.15 Å². The summed E-state index contributed by atoms with van der Waals surface area (Å²) in [7, 11) is 1.53. The predicted molar refractivity (Wildman–Crippen MR) is 104 cm³/mol. The van der Waals surface area contributed by atoms with E-state index < -0.39 is 18.0 Å². The van der Waals surface area contributed by atoms with Crippen molar-refractivity contribution in [3.05, 3.63) is 47.0 Å². The van der Waals surface area contributed by atoms with Crippen LogP contribution in [0.5, 0.6) is 0 Å². The monoisotopic (exact) mass is 418 g/mol. The zero-order valence-corrected chi connectivity index (χ0v) is 16.4. The molecule has 4 aromatic heterocycles. The molecule has 0 saturated heterocycles. The Labute approximate surface area is 168 Å². The smallest absolute Gasteiger partial charge is 0.323 e. The first-order valence-corrected chi connectivity index (χ1v) is 8.91. The number of aryl methyl sites for hydroxylation is 1. The highest BCUT2D eigenvalue weighted by atomic mass is 35.5. The summed E-state index contributed by atoms with van der Waals surface area (Å²) in [5.74, 6) is -0.188. The van der Waals surface area contributed by atoms with Gasteiger partial charge in [-0.15, -0.1) is 0 Å². The van der Waals surface area contributed by atoms with Crippen molar-refractivity contribution in [2.24, 2.45) is 0 Å². The predicted octanol–water partition coefficient (Wildman–Crippen LogP) is 3.22. The van der Waals surface area contributed by atoms with E-state index in [0.29, 0.717) is 22.9 Å². The number of anilines is 2. The van der Waals surface area contributed by atoms with E-state index in [4.69, 9.17) is 16.3 Å². The number of pyridine rings is 1. The summed E-state index contributed by atoms with van der Waals surface area (Å²) in [6, 6.07) is 2.15. The third-order valence-electron chi connectivity index (χ3n) is 4.23. The van der Waals surface area contributed by atoms with Gasteiger partial charge in [-0.1, -0.05) is 11.6 Å². The summed E-state index contributed by atoms with van der Waals surface area (Å²) in [5, 5.41) is 13.7. The fraction of sp³-hybridized carbons (Fsp3) is 0.235. The Bertz CT molecular complexity index is 1240. The van der Waals surface area contributed by atoms with Gasteiger partial charge in [0, 0.05) is 19.2 Å². The molecule has 2 amide bonds. The van der Waals surface area contributed by atoms with Crippen LogP contribution in [0.4, 0.5) is 20.6 Å². The Kier molecular flexibility index (Phi) is 4.76. The van der Waals surface area contributed by atoms with Crippen LogP contribution in [0.15, 0.2) is 24.5 Å². The number of nitrogens with zero attached hydrogens (tertiary/aromatic N) is 6. The molecule has 0 bridgehead atoms. The maximum atomic E-state index is 14.2. The SMILES string of the molecule is CO[C@@H](C)c1c(NC(=O)Nc2cc(F)c3nc(C)nn3c2)cnc2cc(Cl)nn12. The maximum Gasteiger partial charge on any atom is 0.323 e. The van der Waals surface area contributed by atoms with Gasteiger partial charge in [-0.2, -0.15) is 10.2 Å². The van der Waals surface area contributed by atoms with E-state index in [2.05, 4.69) is 30.8 Å². The second-order valence-corrected chi connectivity index (χ2v) is 6.64. The van der Waals surface area contributed by atoms with Gasteiger partial charge >= 0.3 is 6.03 Å². The van der Waals surface area contributed by atoms with Crippen molar-refractivity contribution < 1.29 is 13.9 Å². The van der Waals surface area contributed by atoms with E-state index in [1.54, 1.807) is 19.9 Å². The summed E-state index contributed by atoms with van der Waals surface area (Å²) in [6.45, 7) is 3.44. The molecule has 4 aromatic rings. The van der Waals surface area contributed by atoms with Crippen LogP contribution in [0.3, 0.4) is 0 Å². The number of fused-ring (bicyclic) bond motifs is 2. The van der Waals surface area contributed by atoms with Crippen LogP contribution in [-0.4, -0.2) is 42.3 Å². The molecule has 2 N–H and O–H groups in total. The molecule has 1 atom stereocenters. The number of methoxy groups -OCH3 is 1. The molecule has 0 unspecified atom stereocenters. The molecule has 12 heteroatoms. The number of nitrogens with one attached hydrogen (secondary N) is 2. The van der Waals surface area contributed by atoms with Gasteiger partial charge in [-0.25, -0.2) is 28.2 Å². The average molecular weight is 419 g/mol. The van der Waals surface area contributed by atoms with Crippen LogP contribution >= 0.6 is 11.6 Å². The molecule has 4 heterocycles. The molecular weight excluding hydrogens is 403 g/mol. The minimum atomic E-state index is -0.607. The summed E-state index contributed by atoms with van der Waals surface area (Å²) in [5.41, 5.74) is 1.70. The van der Waals surface area contributed by atoms with Crippen molar-refractivity contribution >= 4 is 40.3 Å². The zero-order chi connectivity index (χ0) is 20.7. The van der Waals surface area contributed by atoms with Crippen molar-refractivity contribution in [3.8, 4) is 0 Å². The molecule has 0 fully saturated rings. The lowest BCUT2D eigenvalue weighted by Gasteiger charge is -2.17. The summed E-state index contributed by atoms with van der Waals surface area (Å²) >= 11 is 5.97. The molecule has 0 saturated carbocycles. The summed E-state index contributed by atoms with van der Waals surface area (Å²) in [4.78, 5) is 20.7. The molecule has 4 rings (SSSR count). The molecule has 150 valence electrons. The number of carbonyl (C=O) groups excluding carboxylic acids is 1. The van der Waals surface area contributed by atoms with E-state index in [-0.39, 0.29) is 16.5 Å². The molecule has 29 heavy (non-hydrogen) atoms. The lowest BCUT2D eigenvalue weighted by atomic mass is 10.2. The van der Waals surface area contributed by atoms with Crippen LogP contribution in [0.25, 0.3) is 11.3 Å². The summed E-state index contributed by atoms with van der Waals surface area (Å²) in [6.07, 6.45) is 2.52. The van der Waals surface area contributed by atoms with Gasteiger partial charge in [-0.3, -0.25) is 0 Å².